The molecule has 1 aliphatic carbocycles. The first-order valence-corrected chi connectivity index (χ1v) is 9.44. The Morgan fingerprint density at radius 3 is 2.89 bits per heavy atom. The second-order valence-corrected chi connectivity index (χ2v) is 7.25. The Kier molecular flexibility index (Phi) is 6.11. The summed E-state index contributed by atoms with van der Waals surface area (Å²) in [5.41, 5.74) is 2.73. The molecule has 1 aromatic heterocycles. The third-order valence-corrected chi connectivity index (χ3v) is 4.92. The molecule has 1 aliphatic rings. The number of nitrogens with one attached hydrogen (secondary N) is 2. The molecule has 1 heterocycles. The van der Waals surface area contributed by atoms with E-state index in [1.165, 1.54) is 11.6 Å². The van der Waals surface area contributed by atoms with Crippen LogP contribution in [0.15, 0.2) is 35.5 Å². The molecule has 0 radical (unpaired) electrons. The van der Waals surface area contributed by atoms with Crippen LogP contribution < -0.4 is 10.6 Å². The van der Waals surface area contributed by atoms with Gasteiger partial charge in [-0.3, -0.25) is 9.67 Å². The zero-order valence-corrected chi connectivity index (χ0v) is 16.1. The first-order valence-electron chi connectivity index (χ1n) is 9.44. The van der Waals surface area contributed by atoms with Crippen molar-refractivity contribution in [2.24, 2.45) is 4.99 Å². The maximum Gasteiger partial charge on any atom is 0.191 e. The van der Waals surface area contributed by atoms with Gasteiger partial charge in [-0.25, -0.2) is 4.39 Å². The molecule has 0 saturated carbocycles. The normalized spacial score (nSPS) is 18.3. The molecule has 0 amide bonds. The predicted molar refractivity (Wildman–Crippen MR) is 104 cm³/mol. The van der Waals surface area contributed by atoms with Gasteiger partial charge in [0, 0.05) is 43.9 Å². The van der Waals surface area contributed by atoms with Gasteiger partial charge in [0.1, 0.15) is 5.82 Å². The number of aryl methyl sites for hydroxylation is 1. The molecule has 2 aromatic rings. The second kappa shape index (κ2) is 8.52. The summed E-state index contributed by atoms with van der Waals surface area (Å²) in [6, 6.07) is 6.84. The monoisotopic (exact) mass is 373 g/mol. The van der Waals surface area contributed by atoms with Gasteiger partial charge < -0.3 is 15.7 Å². The van der Waals surface area contributed by atoms with Crippen LogP contribution in [-0.4, -0.2) is 40.5 Å². The number of guanidine groups is 1. The Hall–Kier alpha value is -2.41. The van der Waals surface area contributed by atoms with Crippen molar-refractivity contribution in [3.63, 3.8) is 0 Å². The highest BCUT2D eigenvalue weighted by molar-refractivity contribution is 5.80. The zero-order valence-electron chi connectivity index (χ0n) is 16.1. The molecule has 6 nitrogen and oxygen atoms in total. The third kappa shape index (κ3) is 4.66. The van der Waals surface area contributed by atoms with E-state index in [4.69, 9.17) is 5.10 Å². The lowest BCUT2D eigenvalue weighted by atomic mass is 9.94. The van der Waals surface area contributed by atoms with Crippen LogP contribution in [0.2, 0.25) is 0 Å². The fraction of sp³-hybridized carbons (Fsp3) is 0.500. The molecular weight excluding hydrogens is 345 g/mol. The first kappa shape index (κ1) is 19.4. The molecule has 0 aliphatic heterocycles. The highest BCUT2D eigenvalue weighted by Gasteiger charge is 2.23. The van der Waals surface area contributed by atoms with Crippen LogP contribution in [0.1, 0.15) is 49.2 Å². The minimum Gasteiger partial charge on any atom is -0.386 e. The van der Waals surface area contributed by atoms with Gasteiger partial charge in [0.2, 0.25) is 0 Å². The van der Waals surface area contributed by atoms with Gasteiger partial charge in [-0.15, -0.1) is 0 Å². The van der Waals surface area contributed by atoms with Crippen molar-refractivity contribution in [1.29, 1.82) is 0 Å². The molecule has 0 spiro atoms. The van der Waals surface area contributed by atoms with Crippen molar-refractivity contribution >= 4 is 5.96 Å². The summed E-state index contributed by atoms with van der Waals surface area (Å²) in [6.45, 7) is 4.43. The van der Waals surface area contributed by atoms with E-state index in [9.17, 15) is 9.50 Å². The van der Waals surface area contributed by atoms with E-state index < -0.39 is 11.9 Å². The number of halogens is 1. The second-order valence-electron chi connectivity index (χ2n) is 7.25. The van der Waals surface area contributed by atoms with Crippen LogP contribution >= 0.6 is 0 Å². The van der Waals surface area contributed by atoms with Gasteiger partial charge >= 0.3 is 0 Å². The molecular formula is C20H28FN5O. The molecule has 7 heteroatoms. The summed E-state index contributed by atoms with van der Waals surface area (Å²) in [7, 11) is 1.69. The molecule has 27 heavy (non-hydrogen) atoms. The number of aromatic nitrogens is 2. The van der Waals surface area contributed by atoms with Crippen LogP contribution in [0.3, 0.4) is 0 Å². The highest BCUT2D eigenvalue weighted by Crippen LogP contribution is 2.22. The summed E-state index contributed by atoms with van der Waals surface area (Å²) < 4.78 is 15.8. The largest absolute Gasteiger partial charge is 0.386 e. The highest BCUT2D eigenvalue weighted by atomic mass is 19.1. The molecule has 0 bridgehead atoms. The van der Waals surface area contributed by atoms with Gasteiger partial charge in [-0.2, -0.15) is 5.10 Å². The lowest BCUT2D eigenvalue weighted by Crippen LogP contribution is -2.46. The van der Waals surface area contributed by atoms with Crippen LogP contribution in [-0.2, 0) is 12.8 Å². The molecule has 0 saturated heterocycles. The van der Waals surface area contributed by atoms with Gasteiger partial charge in [0.25, 0.3) is 0 Å². The van der Waals surface area contributed by atoms with Gasteiger partial charge in [0.15, 0.2) is 5.96 Å². The van der Waals surface area contributed by atoms with Crippen molar-refractivity contribution in [3.8, 4) is 0 Å². The lowest BCUT2D eigenvalue weighted by molar-refractivity contribution is 0.176. The van der Waals surface area contributed by atoms with Crippen LogP contribution in [0.4, 0.5) is 4.39 Å². The molecule has 3 rings (SSSR count). The topological polar surface area (TPSA) is 74.5 Å². The van der Waals surface area contributed by atoms with E-state index in [0.717, 1.165) is 25.0 Å². The minimum atomic E-state index is -0.940. The molecule has 2 atom stereocenters. The quantitative estimate of drug-likeness (QED) is 0.556. The number of benzene rings is 1. The summed E-state index contributed by atoms with van der Waals surface area (Å²) >= 11 is 0. The summed E-state index contributed by atoms with van der Waals surface area (Å²) in [5, 5.41) is 21.4. The maximum atomic E-state index is 13.8. The summed E-state index contributed by atoms with van der Waals surface area (Å²) in [6.07, 6.45) is 4.02. The van der Waals surface area contributed by atoms with Crippen molar-refractivity contribution in [3.05, 3.63) is 53.1 Å². The molecule has 1 aromatic carbocycles. The van der Waals surface area contributed by atoms with E-state index in [1.54, 1.807) is 25.2 Å². The number of aliphatic hydroxyl groups excluding tert-OH is 1. The molecule has 146 valence electrons. The fourth-order valence-electron chi connectivity index (χ4n) is 3.34. The van der Waals surface area contributed by atoms with E-state index >= 15 is 0 Å². The number of aliphatic hydroxyl groups is 1. The predicted octanol–water partition coefficient (Wildman–Crippen LogP) is 2.36. The Morgan fingerprint density at radius 2 is 2.19 bits per heavy atom. The summed E-state index contributed by atoms with van der Waals surface area (Å²) in [4.78, 5) is 4.22. The van der Waals surface area contributed by atoms with E-state index in [1.807, 2.05) is 4.68 Å². The Morgan fingerprint density at radius 1 is 1.41 bits per heavy atom. The SMILES string of the molecule is CN=C(NCC(O)c1ccccc1F)NC1CCc2cn(C(C)C)nc2C1. The first-order chi connectivity index (χ1) is 13.0. The molecule has 2 unspecified atom stereocenters. The standard InChI is InChI=1S/C20H28FN5O/c1-13(2)26-12-14-8-9-15(10-18(14)25-26)24-20(22-3)23-11-19(27)16-6-4-5-7-17(16)21/h4-7,12-13,15,19,27H,8-11H2,1-3H3,(H2,22,23,24). The maximum absolute atomic E-state index is 13.8. The van der Waals surface area contributed by atoms with Crippen LogP contribution in [0, 0.1) is 5.82 Å². The number of rotatable bonds is 5. The number of fused-ring (bicyclic) bond motifs is 1. The fourth-order valence-corrected chi connectivity index (χ4v) is 3.34. The minimum absolute atomic E-state index is 0.181. The average Bonchev–Trinajstić information content (AvgIpc) is 3.09. The smallest absolute Gasteiger partial charge is 0.191 e. The number of aliphatic imine (C=N–C) groups is 1. The number of nitrogens with zero attached hydrogens (tertiary/aromatic N) is 3. The van der Waals surface area contributed by atoms with E-state index in [0.29, 0.717) is 12.0 Å². The van der Waals surface area contributed by atoms with Crippen molar-refractivity contribution < 1.29 is 9.50 Å². The number of hydrogen-bond acceptors (Lipinski definition) is 3. The van der Waals surface area contributed by atoms with Crippen molar-refractivity contribution in [1.82, 2.24) is 20.4 Å². The van der Waals surface area contributed by atoms with Crippen molar-refractivity contribution in [2.75, 3.05) is 13.6 Å². The average molecular weight is 373 g/mol. The Labute approximate surface area is 159 Å². The summed E-state index contributed by atoms with van der Waals surface area (Å²) in [5.74, 6) is 0.192. The Balaban J connectivity index is 1.55. The van der Waals surface area contributed by atoms with Crippen LogP contribution in [0.5, 0.6) is 0 Å². The molecule has 3 N–H and O–H groups in total. The van der Waals surface area contributed by atoms with Gasteiger partial charge in [-0.05, 0) is 38.3 Å². The molecule has 0 fully saturated rings. The lowest BCUT2D eigenvalue weighted by Gasteiger charge is -2.25. The van der Waals surface area contributed by atoms with Crippen molar-refractivity contribution in [2.45, 2.75) is 51.3 Å². The Bertz CT molecular complexity index is 801. The zero-order chi connectivity index (χ0) is 19.4. The number of hydrogen-bond donors (Lipinski definition) is 3. The van der Waals surface area contributed by atoms with Gasteiger partial charge in [0.05, 0.1) is 11.8 Å². The van der Waals surface area contributed by atoms with Crippen LogP contribution in [0.25, 0.3) is 0 Å². The van der Waals surface area contributed by atoms with E-state index in [-0.39, 0.29) is 18.2 Å². The van der Waals surface area contributed by atoms with Gasteiger partial charge in [-0.1, -0.05) is 18.2 Å². The van der Waals surface area contributed by atoms with E-state index in [2.05, 4.69) is 35.7 Å². The third-order valence-electron chi connectivity index (χ3n) is 4.92.